The maximum Gasteiger partial charge on any atom is 0.331 e. The smallest absolute Gasteiger partial charge is 0.299 e. The van der Waals surface area contributed by atoms with Crippen LogP contribution in [0.25, 0.3) is 10.9 Å². The molecule has 0 aliphatic carbocycles. The Hall–Kier alpha value is -2.91. The van der Waals surface area contributed by atoms with Crippen molar-refractivity contribution in [3.05, 3.63) is 72.6 Å². The highest BCUT2D eigenvalue weighted by Gasteiger charge is 2.14. The van der Waals surface area contributed by atoms with Gasteiger partial charge in [0, 0.05) is 23.7 Å². The second kappa shape index (κ2) is 6.77. The van der Waals surface area contributed by atoms with Gasteiger partial charge in [0.1, 0.15) is 16.8 Å². The molecule has 0 radical (unpaired) electrons. The van der Waals surface area contributed by atoms with Crippen LogP contribution in [0, 0.1) is 25.2 Å². The molecule has 132 valence electrons. The summed E-state index contributed by atoms with van der Waals surface area (Å²) in [7, 11) is 0. The second-order valence-electron chi connectivity index (χ2n) is 6.13. The van der Waals surface area contributed by atoms with E-state index >= 15 is 0 Å². The fraction of sp³-hybridized carbons (Fsp3) is 0.263. The van der Waals surface area contributed by atoms with Crippen molar-refractivity contribution in [3.8, 4) is 6.07 Å². The number of rotatable bonds is 3. The number of hydrogen-bond donors (Lipinski definition) is 0. The average Bonchev–Trinajstić information content (AvgIpc) is 2.63. The van der Waals surface area contributed by atoms with E-state index in [0.29, 0.717) is 12.1 Å². The first-order chi connectivity index (χ1) is 12.4. The number of hydrogen-bond acceptors (Lipinski definition) is 4. The van der Waals surface area contributed by atoms with Gasteiger partial charge in [-0.2, -0.15) is 5.26 Å². The number of nitriles is 1. The minimum atomic E-state index is -0.626. The normalized spacial score (nSPS) is 10.9. The molecule has 1 aromatic carbocycles. The molecular formula is C19H17ClN4O2. The zero-order valence-corrected chi connectivity index (χ0v) is 15.5. The van der Waals surface area contributed by atoms with Gasteiger partial charge in [-0.05, 0) is 38.0 Å². The Morgan fingerprint density at radius 2 is 2.00 bits per heavy atom. The number of nitrogens with zero attached hydrogens (tertiary/aromatic N) is 4. The highest BCUT2D eigenvalue weighted by atomic mass is 35.5. The number of pyridine rings is 1. The predicted molar refractivity (Wildman–Crippen MR) is 101 cm³/mol. The summed E-state index contributed by atoms with van der Waals surface area (Å²) in [6.45, 7) is 6.06. The monoisotopic (exact) mass is 368 g/mol. The molecule has 7 heteroatoms. The molecule has 0 aliphatic rings. The maximum absolute atomic E-state index is 12.5. The Bertz CT molecular complexity index is 1190. The highest BCUT2D eigenvalue weighted by molar-refractivity contribution is 6.30. The van der Waals surface area contributed by atoms with Crippen molar-refractivity contribution >= 4 is 22.5 Å². The third-order valence-corrected chi connectivity index (χ3v) is 4.89. The fourth-order valence-corrected chi connectivity index (χ4v) is 3.08. The van der Waals surface area contributed by atoms with Crippen molar-refractivity contribution in [3.63, 3.8) is 0 Å². The van der Waals surface area contributed by atoms with Gasteiger partial charge >= 0.3 is 5.69 Å². The van der Waals surface area contributed by atoms with Crippen molar-refractivity contribution < 1.29 is 0 Å². The first kappa shape index (κ1) is 17.9. The quantitative estimate of drug-likeness (QED) is 0.666. The molecule has 0 spiro atoms. The lowest BCUT2D eigenvalue weighted by molar-refractivity contribution is 0.597. The molecule has 0 saturated heterocycles. The Labute approximate surface area is 154 Å². The summed E-state index contributed by atoms with van der Waals surface area (Å²) < 4.78 is 2.35. The summed E-state index contributed by atoms with van der Waals surface area (Å²) in [4.78, 5) is 29.4. The molecule has 2 aromatic heterocycles. The van der Waals surface area contributed by atoms with E-state index in [0.717, 1.165) is 26.6 Å². The van der Waals surface area contributed by atoms with Crippen LogP contribution in [-0.4, -0.2) is 14.1 Å². The van der Waals surface area contributed by atoms with Crippen LogP contribution in [-0.2, 0) is 13.1 Å². The van der Waals surface area contributed by atoms with Crippen molar-refractivity contribution in [2.75, 3.05) is 0 Å². The Morgan fingerprint density at radius 3 is 2.65 bits per heavy atom. The zero-order valence-electron chi connectivity index (χ0n) is 14.7. The van der Waals surface area contributed by atoms with Crippen molar-refractivity contribution in [2.45, 2.75) is 33.9 Å². The summed E-state index contributed by atoms with van der Waals surface area (Å²) >= 11 is 6.33. The van der Waals surface area contributed by atoms with Gasteiger partial charge in [0.15, 0.2) is 0 Å². The minimum Gasteiger partial charge on any atom is -0.299 e. The number of fused-ring (bicyclic) bond motifs is 1. The standard InChI is InChI=1S/C19H17ClN4O2/c1-4-23-9-15(8-21)18(25)24(19(23)26)10-14-7-13-6-5-11(2)12(3)16(13)22-17(14)20/h5-7,9H,4,10H2,1-3H3. The molecule has 0 bridgehead atoms. The summed E-state index contributed by atoms with van der Waals surface area (Å²) in [5, 5.41) is 10.3. The topological polar surface area (TPSA) is 80.7 Å². The van der Waals surface area contributed by atoms with Crippen molar-refractivity contribution in [1.82, 2.24) is 14.1 Å². The lowest BCUT2D eigenvalue weighted by Gasteiger charge is -2.12. The van der Waals surface area contributed by atoms with E-state index in [1.54, 1.807) is 6.92 Å². The summed E-state index contributed by atoms with van der Waals surface area (Å²) in [5.41, 5.74) is 2.31. The lowest BCUT2D eigenvalue weighted by Crippen LogP contribution is -2.41. The van der Waals surface area contributed by atoms with E-state index < -0.39 is 11.2 Å². The minimum absolute atomic E-state index is 0.0398. The second-order valence-corrected chi connectivity index (χ2v) is 6.49. The number of aryl methyl sites for hydroxylation is 3. The number of aromatic nitrogens is 3. The van der Waals surface area contributed by atoms with Gasteiger partial charge in [-0.25, -0.2) is 9.78 Å². The van der Waals surface area contributed by atoms with E-state index in [1.807, 2.05) is 38.1 Å². The molecule has 0 saturated carbocycles. The van der Waals surface area contributed by atoms with Crippen LogP contribution in [0.15, 0.2) is 34.0 Å². The molecule has 0 atom stereocenters. The summed E-state index contributed by atoms with van der Waals surface area (Å²) in [6.07, 6.45) is 1.29. The van der Waals surface area contributed by atoms with Gasteiger partial charge in [-0.15, -0.1) is 0 Å². The lowest BCUT2D eigenvalue weighted by atomic mass is 10.0. The summed E-state index contributed by atoms with van der Waals surface area (Å²) in [5.74, 6) is 0. The average molecular weight is 369 g/mol. The molecule has 3 aromatic rings. The van der Waals surface area contributed by atoms with E-state index in [9.17, 15) is 9.59 Å². The largest absolute Gasteiger partial charge is 0.331 e. The van der Waals surface area contributed by atoms with Gasteiger partial charge in [0.25, 0.3) is 5.56 Å². The van der Waals surface area contributed by atoms with Crippen LogP contribution in [0.1, 0.15) is 29.2 Å². The third kappa shape index (κ3) is 2.91. The first-order valence-electron chi connectivity index (χ1n) is 8.17. The van der Waals surface area contributed by atoms with Gasteiger partial charge in [0.05, 0.1) is 12.1 Å². The number of benzene rings is 1. The third-order valence-electron chi connectivity index (χ3n) is 4.56. The van der Waals surface area contributed by atoms with Gasteiger partial charge in [-0.3, -0.25) is 13.9 Å². The van der Waals surface area contributed by atoms with Gasteiger partial charge in [-0.1, -0.05) is 23.7 Å². The number of halogens is 1. The molecule has 0 amide bonds. The van der Waals surface area contributed by atoms with E-state index in [2.05, 4.69) is 4.98 Å². The van der Waals surface area contributed by atoms with Crippen molar-refractivity contribution in [2.24, 2.45) is 0 Å². The molecule has 0 fully saturated rings. The van der Waals surface area contributed by atoms with Gasteiger partial charge in [0.2, 0.25) is 0 Å². The molecule has 3 rings (SSSR count). The molecule has 0 unspecified atom stereocenters. The Kier molecular flexibility index (Phi) is 4.66. The SMILES string of the molecule is CCn1cc(C#N)c(=O)n(Cc2cc3ccc(C)c(C)c3nc2Cl)c1=O. The van der Waals surface area contributed by atoms with Crippen LogP contribution in [0.2, 0.25) is 5.15 Å². The van der Waals surface area contributed by atoms with Crippen LogP contribution in [0.3, 0.4) is 0 Å². The van der Waals surface area contributed by atoms with Crippen LogP contribution in [0.4, 0.5) is 0 Å². The Morgan fingerprint density at radius 1 is 1.27 bits per heavy atom. The van der Waals surface area contributed by atoms with E-state index in [-0.39, 0.29) is 17.3 Å². The maximum atomic E-state index is 12.5. The van der Waals surface area contributed by atoms with Crippen LogP contribution >= 0.6 is 11.6 Å². The zero-order chi connectivity index (χ0) is 19.0. The molecule has 6 nitrogen and oxygen atoms in total. The molecular weight excluding hydrogens is 352 g/mol. The molecule has 26 heavy (non-hydrogen) atoms. The summed E-state index contributed by atoms with van der Waals surface area (Å²) in [6, 6.07) is 7.59. The first-order valence-corrected chi connectivity index (χ1v) is 8.54. The van der Waals surface area contributed by atoms with Gasteiger partial charge < -0.3 is 0 Å². The predicted octanol–water partition coefficient (Wildman–Crippen LogP) is 2.77. The Balaban J connectivity index is 2.20. The van der Waals surface area contributed by atoms with Crippen LogP contribution in [0.5, 0.6) is 0 Å². The highest BCUT2D eigenvalue weighted by Crippen LogP contribution is 2.25. The molecule has 2 heterocycles. The van der Waals surface area contributed by atoms with Crippen LogP contribution < -0.4 is 11.2 Å². The molecule has 0 aliphatic heterocycles. The van der Waals surface area contributed by atoms with Crippen molar-refractivity contribution in [1.29, 1.82) is 5.26 Å². The fourth-order valence-electron chi connectivity index (χ4n) is 2.88. The van der Waals surface area contributed by atoms with E-state index in [1.165, 1.54) is 10.8 Å². The van der Waals surface area contributed by atoms with E-state index in [4.69, 9.17) is 16.9 Å². The molecule has 0 N–H and O–H groups in total.